The predicted octanol–water partition coefficient (Wildman–Crippen LogP) is 5.19. The first-order valence-electron chi connectivity index (χ1n) is 10.3. The van der Waals surface area contributed by atoms with Gasteiger partial charge in [0.15, 0.2) is 0 Å². The molecule has 1 aromatic heterocycles. The lowest BCUT2D eigenvalue weighted by Crippen LogP contribution is -2.16. The van der Waals surface area contributed by atoms with Crippen molar-refractivity contribution in [3.63, 3.8) is 0 Å². The minimum Gasteiger partial charge on any atom is -0.497 e. The minimum absolute atomic E-state index is 0.770. The lowest BCUT2D eigenvalue weighted by atomic mass is 10.1. The molecule has 3 aromatic carbocycles. The number of hydrogen-bond donors (Lipinski definition) is 1. The maximum absolute atomic E-state index is 5.23. The van der Waals surface area contributed by atoms with E-state index in [1.54, 1.807) is 7.11 Å². The van der Waals surface area contributed by atoms with Crippen molar-refractivity contribution in [2.45, 2.75) is 19.9 Å². The number of methoxy groups -OCH3 is 1. The molecule has 0 fully saturated rings. The molecule has 0 radical (unpaired) electrons. The molecule has 0 aliphatic carbocycles. The highest BCUT2D eigenvalue weighted by molar-refractivity contribution is 5.63. The minimum atomic E-state index is 0.770. The molecule has 30 heavy (non-hydrogen) atoms. The zero-order chi connectivity index (χ0) is 20.8. The van der Waals surface area contributed by atoms with Gasteiger partial charge in [0.25, 0.3) is 0 Å². The van der Waals surface area contributed by atoms with E-state index < -0.39 is 0 Å². The predicted molar refractivity (Wildman–Crippen MR) is 122 cm³/mol. The second-order valence-corrected chi connectivity index (χ2v) is 7.42. The number of ether oxygens (including phenoxy) is 1. The summed E-state index contributed by atoms with van der Waals surface area (Å²) in [5.74, 6) is 0.891. The van der Waals surface area contributed by atoms with Crippen molar-refractivity contribution < 1.29 is 4.74 Å². The first kappa shape index (κ1) is 19.9. The molecule has 0 aliphatic rings. The zero-order valence-corrected chi connectivity index (χ0v) is 17.5. The summed E-state index contributed by atoms with van der Waals surface area (Å²) in [4.78, 5) is 0. The molecular formula is C26H27N3O. The summed E-state index contributed by atoms with van der Waals surface area (Å²) in [7, 11) is 1.69. The van der Waals surface area contributed by atoms with Crippen LogP contribution < -0.4 is 10.1 Å². The lowest BCUT2D eigenvalue weighted by molar-refractivity contribution is 0.414. The molecule has 4 aromatic rings. The number of para-hydroxylation sites is 1. The van der Waals surface area contributed by atoms with Gasteiger partial charge in [-0.3, -0.25) is 0 Å². The molecule has 1 N–H and O–H groups in total. The number of rotatable bonds is 8. The fraction of sp³-hybridized carbons (Fsp3) is 0.192. The second kappa shape index (κ2) is 9.42. The molecule has 0 saturated heterocycles. The van der Waals surface area contributed by atoms with Gasteiger partial charge in [-0.05, 0) is 49.7 Å². The van der Waals surface area contributed by atoms with Crippen LogP contribution in [-0.2, 0) is 13.0 Å². The summed E-state index contributed by atoms with van der Waals surface area (Å²) in [5, 5.41) is 8.48. The van der Waals surface area contributed by atoms with Crippen molar-refractivity contribution in [1.82, 2.24) is 15.1 Å². The molecular weight excluding hydrogens is 370 g/mol. The highest BCUT2D eigenvalue weighted by Gasteiger charge is 2.12. The summed E-state index contributed by atoms with van der Waals surface area (Å²) < 4.78 is 7.20. The summed E-state index contributed by atoms with van der Waals surface area (Å²) in [6, 6.07) is 27.1. The van der Waals surface area contributed by atoms with Crippen LogP contribution in [0.1, 0.15) is 16.7 Å². The first-order chi connectivity index (χ1) is 14.7. The number of nitrogens with one attached hydrogen (secondary N) is 1. The quantitative estimate of drug-likeness (QED) is 0.416. The highest BCUT2D eigenvalue weighted by Crippen LogP contribution is 2.24. The number of hydrogen-bond acceptors (Lipinski definition) is 3. The largest absolute Gasteiger partial charge is 0.497 e. The Morgan fingerprint density at radius 1 is 0.900 bits per heavy atom. The van der Waals surface area contributed by atoms with E-state index in [1.807, 2.05) is 35.0 Å². The molecule has 0 amide bonds. The summed E-state index contributed by atoms with van der Waals surface area (Å²) in [5.41, 5.74) is 6.97. The molecule has 1 heterocycles. The van der Waals surface area contributed by atoms with E-state index in [4.69, 9.17) is 9.84 Å². The van der Waals surface area contributed by atoms with E-state index in [0.717, 1.165) is 42.2 Å². The summed E-state index contributed by atoms with van der Waals surface area (Å²) in [6.45, 7) is 3.77. The monoisotopic (exact) mass is 397 g/mol. The number of benzene rings is 3. The summed E-state index contributed by atoms with van der Waals surface area (Å²) in [6.07, 6.45) is 3.10. The molecule has 4 rings (SSSR count). The standard InChI is InChI=1S/C26H27N3O/c1-20-8-12-22(13-9-20)26-23(19-29(28-26)24-6-4-3-5-7-24)18-27-17-16-21-10-14-25(30-2)15-11-21/h3-15,19,27H,16-18H2,1-2H3. The Morgan fingerprint density at radius 2 is 1.63 bits per heavy atom. The van der Waals surface area contributed by atoms with Gasteiger partial charge >= 0.3 is 0 Å². The van der Waals surface area contributed by atoms with Gasteiger partial charge in [0, 0.05) is 23.9 Å². The van der Waals surface area contributed by atoms with Gasteiger partial charge in [-0.25, -0.2) is 4.68 Å². The van der Waals surface area contributed by atoms with Gasteiger partial charge in [-0.1, -0.05) is 60.2 Å². The maximum atomic E-state index is 5.23. The zero-order valence-electron chi connectivity index (χ0n) is 17.5. The van der Waals surface area contributed by atoms with Crippen LogP contribution in [0.2, 0.25) is 0 Å². The number of nitrogens with zero attached hydrogens (tertiary/aromatic N) is 2. The molecule has 0 atom stereocenters. The number of aromatic nitrogens is 2. The van der Waals surface area contributed by atoms with Crippen LogP contribution in [0, 0.1) is 6.92 Å². The third-order valence-electron chi connectivity index (χ3n) is 5.20. The molecule has 0 spiro atoms. The SMILES string of the molecule is COc1ccc(CCNCc2cn(-c3ccccc3)nc2-c2ccc(C)cc2)cc1. The normalized spacial score (nSPS) is 10.9. The second-order valence-electron chi connectivity index (χ2n) is 7.42. The van der Waals surface area contributed by atoms with Gasteiger partial charge in [0.1, 0.15) is 5.75 Å². The van der Waals surface area contributed by atoms with Crippen LogP contribution in [0.25, 0.3) is 16.9 Å². The smallest absolute Gasteiger partial charge is 0.118 e. The molecule has 0 aliphatic heterocycles. The Bertz CT molecular complexity index is 1070. The van der Waals surface area contributed by atoms with Gasteiger partial charge in [-0.15, -0.1) is 0 Å². The van der Waals surface area contributed by atoms with Crippen molar-refractivity contribution in [2.24, 2.45) is 0 Å². The Balaban J connectivity index is 1.49. The fourth-order valence-corrected chi connectivity index (χ4v) is 3.45. The molecule has 4 nitrogen and oxygen atoms in total. The van der Waals surface area contributed by atoms with Crippen LogP contribution in [0.4, 0.5) is 0 Å². The van der Waals surface area contributed by atoms with Gasteiger partial charge in [-0.2, -0.15) is 5.10 Å². The van der Waals surface area contributed by atoms with E-state index in [2.05, 4.69) is 67.0 Å². The van der Waals surface area contributed by atoms with Crippen molar-refractivity contribution in [3.05, 3.63) is 102 Å². The van der Waals surface area contributed by atoms with Gasteiger partial charge < -0.3 is 10.1 Å². The Kier molecular flexibility index (Phi) is 6.26. The molecule has 0 saturated carbocycles. The van der Waals surface area contributed by atoms with Crippen molar-refractivity contribution in [3.8, 4) is 22.7 Å². The van der Waals surface area contributed by atoms with Crippen LogP contribution in [0.5, 0.6) is 5.75 Å². The average Bonchev–Trinajstić information content (AvgIpc) is 3.22. The maximum Gasteiger partial charge on any atom is 0.118 e. The van der Waals surface area contributed by atoms with Crippen molar-refractivity contribution >= 4 is 0 Å². The van der Waals surface area contributed by atoms with E-state index in [1.165, 1.54) is 16.7 Å². The third-order valence-corrected chi connectivity index (χ3v) is 5.20. The molecule has 0 unspecified atom stereocenters. The average molecular weight is 398 g/mol. The van der Waals surface area contributed by atoms with Crippen molar-refractivity contribution in [2.75, 3.05) is 13.7 Å². The van der Waals surface area contributed by atoms with E-state index in [0.29, 0.717) is 0 Å². The van der Waals surface area contributed by atoms with E-state index in [-0.39, 0.29) is 0 Å². The molecule has 152 valence electrons. The van der Waals surface area contributed by atoms with Crippen LogP contribution in [0.3, 0.4) is 0 Å². The molecule has 4 heteroatoms. The third kappa shape index (κ3) is 4.78. The Labute approximate surface area is 178 Å². The van der Waals surface area contributed by atoms with Crippen molar-refractivity contribution in [1.29, 1.82) is 0 Å². The fourth-order valence-electron chi connectivity index (χ4n) is 3.45. The van der Waals surface area contributed by atoms with Gasteiger partial charge in [0.2, 0.25) is 0 Å². The summed E-state index contributed by atoms with van der Waals surface area (Å²) >= 11 is 0. The van der Waals surface area contributed by atoms with Gasteiger partial charge in [0.05, 0.1) is 18.5 Å². The Morgan fingerprint density at radius 3 is 2.33 bits per heavy atom. The van der Waals surface area contributed by atoms with E-state index in [9.17, 15) is 0 Å². The van der Waals surface area contributed by atoms with E-state index >= 15 is 0 Å². The lowest BCUT2D eigenvalue weighted by Gasteiger charge is -2.07. The Hall–Kier alpha value is -3.37. The first-order valence-corrected chi connectivity index (χ1v) is 10.3. The molecule has 0 bridgehead atoms. The van der Waals surface area contributed by atoms with Crippen LogP contribution >= 0.6 is 0 Å². The van der Waals surface area contributed by atoms with Crippen LogP contribution in [-0.4, -0.2) is 23.4 Å². The topological polar surface area (TPSA) is 39.1 Å². The van der Waals surface area contributed by atoms with Crippen LogP contribution in [0.15, 0.2) is 85.1 Å². The number of aryl methyl sites for hydroxylation is 1. The highest BCUT2D eigenvalue weighted by atomic mass is 16.5.